The van der Waals surface area contributed by atoms with Crippen LogP contribution >= 0.6 is 0 Å². The van der Waals surface area contributed by atoms with E-state index in [1.54, 1.807) is 38.5 Å². The minimum atomic E-state index is -3.17. The van der Waals surface area contributed by atoms with Crippen LogP contribution in [0.1, 0.15) is 25.7 Å². The van der Waals surface area contributed by atoms with Crippen molar-refractivity contribution in [3.63, 3.8) is 0 Å². The summed E-state index contributed by atoms with van der Waals surface area (Å²) >= 11 is 0. The van der Waals surface area contributed by atoms with Crippen LogP contribution in [0, 0.1) is 10.8 Å². The smallest absolute Gasteiger partial charge is 0.388 e. The molecule has 0 saturated carbocycles. The van der Waals surface area contributed by atoms with Crippen LogP contribution in [0.5, 0.6) is 11.5 Å². The Kier molecular flexibility index (Phi) is 10.8. The zero-order chi connectivity index (χ0) is 24.9. The van der Waals surface area contributed by atoms with E-state index in [9.17, 15) is 4.32 Å². The van der Waals surface area contributed by atoms with Crippen molar-refractivity contribution in [3.8, 4) is 11.5 Å². The van der Waals surface area contributed by atoms with Gasteiger partial charge in [-0.2, -0.15) is 0 Å². The molecule has 2 aromatic carbocycles. The summed E-state index contributed by atoms with van der Waals surface area (Å²) in [5.41, 5.74) is 3.22. The van der Waals surface area contributed by atoms with Crippen molar-refractivity contribution in [1.29, 1.82) is 10.8 Å². The van der Waals surface area contributed by atoms with Gasteiger partial charge in [-0.25, -0.2) is 0 Å². The number of hydrogen-bond acceptors (Lipinski definition) is 8. The van der Waals surface area contributed by atoms with Crippen LogP contribution in [0.15, 0.2) is 36.4 Å². The molecule has 0 aliphatic carbocycles. The van der Waals surface area contributed by atoms with E-state index in [4.69, 9.17) is 30.3 Å². The standard InChI is InChI=1S/2C11H14N3O.BFO2/c2*1-15-11-8-9(13-12)4-5-10(11)14-6-2-3-7-14;2-1(3)4/h2*4-5,8H,2-3,6-7H2,1H3;/q2*+1;-2. The molecule has 34 heavy (non-hydrogen) atoms. The Morgan fingerprint density at radius 1 is 0.765 bits per heavy atom. The van der Waals surface area contributed by atoms with E-state index in [0.29, 0.717) is 11.4 Å². The lowest BCUT2D eigenvalue weighted by atomic mass is 10.2. The molecule has 12 heteroatoms. The maximum Gasteiger partial charge on any atom is 0.388 e. The predicted octanol–water partition coefficient (Wildman–Crippen LogP) is 3.22. The summed E-state index contributed by atoms with van der Waals surface area (Å²) in [6.45, 7) is 4.30. The third-order valence-electron chi connectivity index (χ3n) is 5.45. The van der Waals surface area contributed by atoms with E-state index < -0.39 is 7.40 Å². The molecule has 0 aromatic heterocycles. The van der Waals surface area contributed by atoms with Gasteiger partial charge in [0, 0.05) is 38.3 Å². The molecule has 0 spiro atoms. The molecule has 2 aromatic rings. The van der Waals surface area contributed by atoms with Crippen LogP contribution in [0.4, 0.5) is 27.1 Å². The molecule has 2 fully saturated rings. The number of rotatable bonds is 4. The van der Waals surface area contributed by atoms with Gasteiger partial charge < -0.3 is 33.6 Å². The Morgan fingerprint density at radius 3 is 1.35 bits per heavy atom. The molecule has 180 valence electrons. The van der Waals surface area contributed by atoms with Gasteiger partial charge in [0.1, 0.15) is 18.9 Å². The predicted molar refractivity (Wildman–Crippen MR) is 125 cm³/mol. The molecule has 4 rings (SSSR count). The topological polar surface area (TPSA) is 127 Å². The Labute approximate surface area is 199 Å². The first-order chi connectivity index (χ1) is 16.4. The van der Waals surface area contributed by atoms with Gasteiger partial charge in [0.15, 0.2) is 9.95 Å². The third-order valence-corrected chi connectivity index (χ3v) is 5.45. The molecule has 10 nitrogen and oxygen atoms in total. The second-order valence-electron chi connectivity index (χ2n) is 7.58. The minimum Gasteiger partial charge on any atom is -0.867 e. The van der Waals surface area contributed by atoms with E-state index in [0.717, 1.165) is 49.1 Å². The van der Waals surface area contributed by atoms with Crippen molar-refractivity contribution in [2.45, 2.75) is 25.7 Å². The maximum atomic E-state index is 9.89. The fourth-order valence-electron chi connectivity index (χ4n) is 3.90. The zero-order valence-corrected chi connectivity index (χ0v) is 19.4. The summed E-state index contributed by atoms with van der Waals surface area (Å²) in [5, 5.41) is 34.0. The van der Waals surface area contributed by atoms with Crippen LogP contribution in [-0.4, -0.2) is 47.8 Å². The fourth-order valence-corrected chi connectivity index (χ4v) is 3.90. The van der Waals surface area contributed by atoms with E-state index in [1.165, 1.54) is 25.7 Å². The van der Waals surface area contributed by atoms with Gasteiger partial charge in [-0.15, -0.1) is 0 Å². The summed E-state index contributed by atoms with van der Waals surface area (Å²) in [5.74, 6) is 1.54. The number of ether oxygens (including phenoxy) is 2. The Balaban J connectivity index is 0.000000208. The number of diazo groups is 2. The van der Waals surface area contributed by atoms with Gasteiger partial charge in [-0.05, 0) is 37.8 Å². The van der Waals surface area contributed by atoms with E-state index in [2.05, 4.69) is 19.8 Å². The number of methoxy groups -OCH3 is 2. The second-order valence-corrected chi connectivity index (χ2v) is 7.58. The Morgan fingerprint density at radius 2 is 1.09 bits per heavy atom. The number of anilines is 2. The zero-order valence-electron chi connectivity index (χ0n) is 19.4. The lowest BCUT2D eigenvalue weighted by Gasteiger charge is -2.19. The van der Waals surface area contributed by atoms with Crippen molar-refractivity contribution in [3.05, 3.63) is 46.4 Å². The molecule has 0 atom stereocenters. The highest BCUT2D eigenvalue weighted by molar-refractivity contribution is 6.27. The van der Waals surface area contributed by atoms with Crippen molar-refractivity contribution >= 4 is 30.1 Å². The van der Waals surface area contributed by atoms with Crippen LogP contribution in [0.3, 0.4) is 0 Å². The van der Waals surface area contributed by atoms with Crippen molar-refractivity contribution in [2.24, 2.45) is 0 Å². The average molecular weight is 470 g/mol. The van der Waals surface area contributed by atoms with E-state index in [-0.39, 0.29) is 0 Å². The van der Waals surface area contributed by atoms with Crippen LogP contribution in [0.25, 0.3) is 9.95 Å². The summed E-state index contributed by atoms with van der Waals surface area (Å²) in [6, 6.07) is 11.0. The van der Waals surface area contributed by atoms with Crippen molar-refractivity contribution in [1.82, 2.24) is 0 Å². The number of nitrogens with zero attached hydrogens (tertiary/aromatic N) is 6. The van der Waals surface area contributed by atoms with Crippen LogP contribution in [-0.2, 0) is 0 Å². The Bertz CT molecular complexity index is 922. The first-order valence-corrected chi connectivity index (χ1v) is 10.9. The summed E-state index contributed by atoms with van der Waals surface area (Å²) in [4.78, 5) is 10.9. The fraction of sp³-hybridized carbons (Fsp3) is 0.455. The van der Waals surface area contributed by atoms with Crippen LogP contribution in [0.2, 0.25) is 0 Å². The molecule has 2 aliphatic heterocycles. The number of hydrogen-bond donors (Lipinski definition) is 0. The van der Waals surface area contributed by atoms with Gasteiger partial charge >= 0.3 is 11.4 Å². The highest BCUT2D eigenvalue weighted by Crippen LogP contribution is 2.35. The summed E-state index contributed by atoms with van der Waals surface area (Å²) < 4.78 is 20.5. The lowest BCUT2D eigenvalue weighted by Crippen LogP contribution is -2.39. The first-order valence-electron chi connectivity index (χ1n) is 10.9. The molecule has 0 amide bonds. The normalized spacial score (nSPS) is 14.1. The lowest BCUT2D eigenvalue weighted by molar-refractivity contribution is -0.366. The van der Waals surface area contributed by atoms with Gasteiger partial charge in [0.2, 0.25) is 10.8 Å². The van der Waals surface area contributed by atoms with E-state index >= 15 is 0 Å². The molecule has 2 aliphatic rings. The van der Waals surface area contributed by atoms with Gasteiger partial charge in [0.25, 0.3) is 0 Å². The van der Waals surface area contributed by atoms with Crippen LogP contribution < -0.4 is 29.3 Å². The van der Waals surface area contributed by atoms with Crippen molar-refractivity contribution in [2.75, 3.05) is 50.2 Å². The molecule has 0 radical (unpaired) electrons. The highest BCUT2D eigenvalue weighted by Gasteiger charge is 2.20. The Hall–Kier alpha value is -3.61. The van der Waals surface area contributed by atoms with E-state index in [1.807, 2.05) is 12.1 Å². The quantitative estimate of drug-likeness (QED) is 0.492. The summed E-state index contributed by atoms with van der Waals surface area (Å²) in [7, 11) is 0.103. The minimum absolute atomic E-state index is 0.523. The molecule has 2 heterocycles. The third kappa shape index (κ3) is 7.76. The number of halogens is 1. The first kappa shape index (κ1) is 26.6. The molecule has 0 N–H and O–H groups in total. The molecule has 0 bridgehead atoms. The van der Waals surface area contributed by atoms with Gasteiger partial charge in [0.05, 0.1) is 37.7 Å². The van der Waals surface area contributed by atoms with Gasteiger partial charge in [-0.1, -0.05) is 0 Å². The monoisotopic (exact) mass is 470 g/mol. The second kappa shape index (κ2) is 13.8. The molecule has 0 unspecified atom stereocenters. The highest BCUT2D eigenvalue weighted by atomic mass is 19.1. The summed E-state index contributed by atoms with van der Waals surface area (Å²) in [6.07, 6.45) is 4.93. The number of benzene rings is 2. The molecular weight excluding hydrogens is 442 g/mol. The SMILES string of the molecule is COc1cc([N+]#N)ccc1N1CCCC1.COc1cc([N+]#N)ccc1N1CCCC1.[O-]B([O-])F. The molecular formula is C22H28BFN6O4. The van der Waals surface area contributed by atoms with Gasteiger partial charge in [-0.3, -0.25) is 0 Å². The van der Waals surface area contributed by atoms with Crippen molar-refractivity contribution < 1.29 is 23.8 Å². The maximum absolute atomic E-state index is 9.89. The average Bonchev–Trinajstić information content (AvgIpc) is 3.58. The largest absolute Gasteiger partial charge is 0.867 e. The molecule has 2 saturated heterocycles.